The maximum absolute atomic E-state index is 12.1. The normalized spacial score (nSPS) is 13.2. The largest absolute Gasteiger partial charge is 0.390 e. The fraction of sp³-hybridized carbons (Fsp3) is 0.312. The molecule has 1 heterocycles. The number of nitrogens with zero attached hydrogens (tertiary/aromatic N) is 1. The molecule has 0 amide bonds. The number of aliphatic hydroxyl groups is 1. The summed E-state index contributed by atoms with van der Waals surface area (Å²) in [5.41, 5.74) is 8.77. The van der Waals surface area contributed by atoms with E-state index in [-0.39, 0.29) is 46.4 Å². The summed E-state index contributed by atoms with van der Waals surface area (Å²) in [6.45, 7) is 3.86. The monoisotopic (exact) mass is 495 g/mol. The minimum absolute atomic E-state index is 0. The van der Waals surface area contributed by atoms with Gasteiger partial charge in [0.2, 0.25) is 0 Å². The summed E-state index contributed by atoms with van der Waals surface area (Å²) >= 11 is 1.13. The van der Waals surface area contributed by atoms with Crippen molar-refractivity contribution in [2.24, 2.45) is 10.7 Å². The van der Waals surface area contributed by atoms with Gasteiger partial charge in [-0.25, -0.2) is 8.42 Å². The van der Waals surface area contributed by atoms with Crippen molar-refractivity contribution >= 4 is 56.8 Å². The van der Waals surface area contributed by atoms with Gasteiger partial charge in [0, 0.05) is 5.69 Å². The summed E-state index contributed by atoms with van der Waals surface area (Å²) in [6.07, 6.45) is -1.11. The van der Waals surface area contributed by atoms with Gasteiger partial charge in [-0.05, 0) is 48.6 Å². The van der Waals surface area contributed by atoms with E-state index in [2.05, 4.69) is 10.3 Å². The Bertz CT molecular complexity index is 801. The number of hydrogen-bond acceptors (Lipinski definition) is 5. The van der Waals surface area contributed by atoms with Crippen molar-refractivity contribution in [2.45, 2.75) is 24.2 Å². The van der Waals surface area contributed by atoms with Gasteiger partial charge in [-0.3, -0.25) is 4.99 Å². The Balaban J connectivity index is 0.00000312. The van der Waals surface area contributed by atoms with Crippen LogP contribution < -0.4 is 11.1 Å². The molecule has 1 unspecified atom stereocenters. The van der Waals surface area contributed by atoms with Gasteiger partial charge in [-0.2, -0.15) is 0 Å². The summed E-state index contributed by atoms with van der Waals surface area (Å²) in [6, 6.07) is 9.07. The van der Waals surface area contributed by atoms with Crippen LogP contribution in [0.4, 0.5) is 5.69 Å². The van der Waals surface area contributed by atoms with Gasteiger partial charge in [0.25, 0.3) is 0 Å². The van der Waals surface area contributed by atoms with E-state index in [9.17, 15) is 13.5 Å². The number of guanidine groups is 1. The Hall–Kier alpha value is -1.17. The number of rotatable bonds is 6. The molecule has 0 spiro atoms. The Morgan fingerprint density at radius 1 is 1.32 bits per heavy atom. The number of nitrogens with one attached hydrogen (secondary N) is 1. The molecule has 6 nitrogen and oxygen atoms in total. The molecule has 138 valence electrons. The number of thiophene rings is 1. The molecule has 2 rings (SSSR count). The lowest BCUT2D eigenvalue weighted by Crippen LogP contribution is -2.28. The molecule has 4 N–H and O–H groups in total. The van der Waals surface area contributed by atoms with Crippen molar-refractivity contribution in [3.05, 3.63) is 46.8 Å². The van der Waals surface area contributed by atoms with Crippen LogP contribution in [-0.2, 0) is 9.84 Å². The van der Waals surface area contributed by atoms with Gasteiger partial charge >= 0.3 is 0 Å². The van der Waals surface area contributed by atoms with Gasteiger partial charge in [0.05, 0.1) is 18.4 Å². The zero-order valence-electron chi connectivity index (χ0n) is 14.0. The van der Waals surface area contributed by atoms with Crippen molar-refractivity contribution in [1.82, 2.24) is 0 Å². The highest BCUT2D eigenvalue weighted by atomic mass is 127. The SMILES string of the molecule is Cc1cc(C)cc(NC(N)=NCC(O)CS(=O)(=O)c2cccs2)c1.I. The molecule has 1 aromatic carbocycles. The van der Waals surface area contributed by atoms with Crippen LogP contribution in [0.3, 0.4) is 0 Å². The molecule has 0 saturated carbocycles. The molecule has 0 aliphatic rings. The summed E-state index contributed by atoms with van der Waals surface area (Å²) < 4.78 is 24.4. The highest BCUT2D eigenvalue weighted by Gasteiger charge is 2.20. The highest BCUT2D eigenvalue weighted by Crippen LogP contribution is 2.18. The second kappa shape index (κ2) is 9.51. The molecule has 9 heteroatoms. The van der Waals surface area contributed by atoms with Crippen molar-refractivity contribution in [2.75, 3.05) is 17.6 Å². The Kier molecular flexibility index (Phi) is 8.32. The standard InChI is InChI=1S/C16H21N3O3S2.HI/c1-11-6-12(2)8-13(7-11)19-16(17)18-9-14(20)10-24(21,22)15-4-3-5-23-15;/h3-8,14,20H,9-10H2,1-2H3,(H3,17,18,19);1H. The molecule has 0 bridgehead atoms. The summed E-state index contributed by atoms with van der Waals surface area (Å²) in [4.78, 5) is 4.02. The average molecular weight is 495 g/mol. The van der Waals surface area contributed by atoms with E-state index < -0.39 is 15.9 Å². The zero-order valence-corrected chi connectivity index (χ0v) is 17.9. The lowest BCUT2D eigenvalue weighted by Gasteiger charge is -2.10. The number of hydrogen-bond donors (Lipinski definition) is 3. The lowest BCUT2D eigenvalue weighted by molar-refractivity contribution is 0.206. The second-order valence-corrected chi connectivity index (χ2v) is 8.80. The van der Waals surface area contributed by atoms with Crippen LogP contribution in [0.1, 0.15) is 11.1 Å². The topological polar surface area (TPSA) is 105 Å². The molecular weight excluding hydrogens is 473 g/mol. The number of sulfone groups is 1. The summed E-state index contributed by atoms with van der Waals surface area (Å²) in [7, 11) is -3.50. The van der Waals surface area contributed by atoms with Crippen molar-refractivity contribution in [1.29, 1.82) is 0 Å². The zero-order chi connectivity index (χ0) is 17.7. The van der Waals surface area contributed by atoms with Crippen molar-refractivity contribution < 1.29 is 13.5 Å². The molecule has 1 atom stereocenters. The summed E-state index contributed by atoms with van der Waals surface area (Å²) in [5.74, 6) is -0.249. The molecule has 0 fully saturated rings. The van der Waals surface area contributed by atoms with Gasteiger partial charge in [0.1, 0.15) is 4.21 Å². The van der Waals surface area contributed by atoms with Crippen LogP contribution in [0.25, 0.3) is 0 Å². The van der Waals surface area contributed by atoms with Crippen LogP contribution in [0, 0.1) is 13.8 Å². The van der Waals surface area contributed by atoms with E-state index >= 15 is 0 Å². The first-order valence-corrected chi connectivity index (χ1v) is 9.89. The molecule has 2 aromatic rings. The molecule has 25 heavy (non-hydrogen) atoms. The maximum atomic E-state index is 12.1. The fourth-order valence-corrected chi connectivity index (χ4v) is 4.73. The van der Waals surface area contributed by atoms with Crippen LogP contribution in [-0.4, -0.2) is 37.9 Å². The predicted molar refractivity (Wildman–Crippen MR) is 114 cm³/mol. The van der Waals surface area contributed by atoms with Crippen molar-refractivity contribution in [3.63, 3.8) is 0 Å². The highest BCUT2D eigenvalue weighted by molar-refractivity contribution is 14.0. The minimum atomic E-state index is -3.50. The number of aryl methyl sites for hydroxylation is 2. The lowest BCUT2D eigenvalue weighted by atomic mass is 10.1. The first kappa shape index (κ1) is 21.9. The molecule has 1 aromatic heterocycles. The molecule has 0 aliphatic carbocycles. The molecule has 0 radical (unpaired) electrons. The minimum Gasteiger partial charge on any atom is -0.390 e. The van der Waals surface area contributed by atoms with Crippen molar-refractivity contribution in [3.8, 4) is 0 Å². The molecular formula is C16H22IN3O3S2. The van der Waals surface area contributed by atoms with Gasteiger partial charge in [-0.1, -0.05) is 12.1 Å². The Labute approximate surface area is 169 Å². The van der Waals surface area contributed by atoms with Gasteiger partial charge in [-0.15, -0.1) is 35.3 Å². The van der Waals surface area contributed by atoms with Crippen LogP contribution >= 0.6 is 35.3 Å². The van der Waals surface area contributed by atoms with Crippen LogP contribution in [0.5, 0.6) is 0 Å². The number of benzene rings is 1. The van der Waals surface area contributed by atoms with E-state index in [0.29, 0.717) is 0 Å². The Morgan fingerprint density at radius 2 is 1.96 bits per heavy atom. The van der Waals surface area contributed by atoms with Crippen LogP contribution in [0.15, 0.2) is 44.9 Å². The van der Waals surface area contributed by atoms with Gasteiger partial charge < -0.3 is 16.2 Å². The third kappa shape index (κ3) is 6.92. The predicted octanol–water partition coefficient (Wildman–Crippen LogP) is 2.54. The average Bonchev–Trinajstić information content (AvgIpc) is 2.98. The fourth-order valence-electron chi connectivity index (χ4n) is 2.27. The Morgan fingerprint density at radius 3 is 2.52 bits per heavy atom. The number of aliphatic hydroxyl groups excluding tert-OH is 1. The van der Waals surface area contributed by atoms with E-state index in [1.165, 1.54) is 6.07 Å². The maximum Gasteiger partial charge on any atom is 0.193 e. The van der Waals surface area contributed by atoms with E-state index in [0.717, 1.165) is 28.2 Å². The summed E-state index contributed by atoms with van der Waals surface area (Å²) in [5, 5.41) is 14.5. The van der Waals surface area contributed by atoms with Crippen LogP contribution in [0.2, 0.25) is 0 Å². The first-order valence-electron chi connectivity index (χ1n) is 7.36. The van der Waals surface area contributed by atoms with E-state index in [4.69, 9.17) is 5.73 Å². The first-order chi connectivity index (χ1) is 11.3. The second-order valence-electron chi connectivity index (χ2n) is 5.59. The van der Waals surface area contributed by atoms with E-state index in [1.807, 2.05) is 32.0 Å². The molecule has 0 aliphatic heterocycles. The number of aliphatic imine (C=N–C) groups is 1. The third-order valence-corrected chi connectivity index (χ3v) is 6.46. The van der Waals surface area contributed by atoms with Gasteiger partial charge in [0.15, 0.2) is 15.8 Å². The van der Waals surface area contributed by atoms with E-state index in [1.54, 1.807) is 11.4 Å². The third-order valence-electron chi connectivity index (χ3n) is 3.18. The number of nitrogens with two attached hydrogens (primary N) is 1. The molecule has 0 saturated heterocycles. The number of anilines is 1. The smallest absolute Gasteiger partial charge is 0.193 e. The number of halogens is 1. The quantitative estimate of drug-likeness (QED) is 0.325.